The van der Waals surface area contributed by atoms with Gasteiger partial charge in [0.05, 0.1) is 5.69 Å². The molecule has 0 saturated heterocycles. The molecule has 0 bridgehead atoms. The van der Waals surface area contributed by atoms with Crippen molar-refractivity contribution < 1.29 is 4.39 Å². The maximum Gasteiger partial charge on any atom is 0.123 e. The van der Waals surface area contributed by atoms with Gasteiger partial charge in [-0.2, -0.15) is 0 Å². The summed E-state index contributed by atoms with van der Waals surface area (Å²) in [5, 5.41) is 6.44. The highest BCUT2D eigenvalue weighted by Gasteiger charge is 2.25. The molecule has 1 N–H and O–H groups in total. The SMILES string of the molecule is CN(CCNCc1csc(-c2ccc(F)cc2)n1)C1CC1. The Balaban J connectivity index is 1.47. The van der Waals surface area contributed by atoms with Crippen molar-refractivity contribution in [3.63, 3.8) is 0 Å². The highest BCUT2D eigenvalue weighted by Crippen LogP contribution is 2.25. The van der Waals surface area contributed by atoms with Crippen LogP contribution in [0.3, 0.4) is 0 Å². The van der Waals surface area contributed by atoms with E-state index >= 15 is 0 Å². The smallest absolute Gasteiger partial charge is 0.123 e. The van der Waals surface area contributed by atoms with Gasteiger partial charge < -0.3 is 10.2 Å². The van der Waals surface area contributed by atoms with E-state index in [1.807, 2.05) is 0 Å². The molecule has 5 heteroatoms. The Morgan fingerprint density at radius 2 is 2.10 bits per heavy atom. The molecule has 3 nitrogen and oxygen atoms in total. The van der Waals surface area contributed by atoms with Crippen molar-refractivity contribution in [3.8, 4) is 10.6 Å². The quantitative estimate of drug-likeness (QED) is 0.797. The van der Waals surface area contributed by atoms with E-state index in [2.05, 4.69) is 27.6 Å². The molecule has 21 heavy (non-hydrogen) atoms. The zero-order valence-corrected chi connectivity index (χ0v) is 13.0. The van der Waals surface area contributed by atoms with Crippen LogP contribution in [0.1, 0.15) is 18.5 Å². The summed E-state index contributed by atoms with van der Waals surface area (Å²) in [5.74, 6) is -0.211. The van der Waals surface area contributed by atoms with E-state index in [1.54, 1.807) is 23.5 Å². The Kier molecular flexibility index (Phi) is 4.63. The molecule has 0 radical (unpaired) electrons. The van der Waals surface area contributed by atoms with Gasteiger partial charge in [-0.25, -0.2) is 9.37 Å². The fraction of sp³-hybridized carbons (Fsp3) is 0.438. The number of aromatic nitrogens is 1. The van der Waals surface area contributed by atoms with Gasteiger partial charge in [-0.1, -0.05) is 0 Å². The van der Waals surface area contributed by atoms with Crippen LogP contribution in [-0.4, -0.2) is 36.1 Å². The van der Waals surface area contributed by atoms with E-state index in [0.29, 0.717) is 0 Å². The van der Waals surface area contributed by atoms with Gasteiger partial charge in [0.15, 0.2) is 0 Å². The first-order valence-electron chi connectivity index (χ1n) is 7.33. The first-order valence-corrected chi connectivity index (χ1v) is 8.21. The number of hydrogen-bond donors (Lipinski definition) is 1. The second-order valence-corrected chi connectivity index (χ2v) is 6.40. The van der Waals surface area contributed by atoms with Crippen LogP contribution in [0.15, 0.2) is 29.6 Å². The van der Waals surface area contributed by atoms with E-state index in [1.165, 1.54) is 25.0 Å². The predicted octanol–water partition coefficient (Wildman–Crippen LogP) is 3.13. The van der Waals surface area contributed by atoms with Crippen LogP contribution in [0.2, 0.25) is 0 Å². The molecule has 0 amide bonds. The van der Waals surface area contributed by atoms with Crippen LogP contribution in [0.25, 0.3) is 10.6 Å². The third-order valence-corrected chi connectivity index (χ3v) is 4.70. The summed E-state index contributed by atoms with van der Waals surface area (Å²) >= 11 is 1.60. The zero-order chi connectivity index (χ0) is 14.7. The first-order chi connectivity index (χ1) is 10.2. The normalized spacial score (nSPS) is 14.8. The fourth-order valence-electron chi connectivity index (χ4n) is 2.28. The number of thiazole rings is 1. The number of nitrogens with one attached hydrogen (secondary N) is 1. The molecule has 0 atom stereocenters. The predicted molar refractivity (Wildman–Crippen MR) is 84.9 cm³/mol. The molecule has 0 spiro atoms. The van der Waals surface area contributed by atoms with Crippen LogP contribution >= 0.6 is 11.3 Å². The van der Waals surface area contributed by atoms with Crippen molar-refractivity contribution in [2.75, 3.05) is 20.1 Å². The summed E-state index contributed by atoms with van der Waals surface area (Å²) in [6, 6.07) is 7.31. The number of benzene rings is 1. The molecule has 1 aliphatic rings. The summed E-state index contributed by atoms with van der Waals surface area (Å²) in [7, 11) is 2.19. The van der Waals surface area contributed by atoms with E-state index < -0.39 is 0 Å². The Labute approximate surface area is 128 Å². The van der Waals surface area contributed by atoms with Crippen LogP contribution < -0.4 is 5.32 Å². The fourth-order valence-corrected chi connectivity index (χ4v) is 3.11. The number of rotatable bonds is 7. The average molecular weight is 305 g/mol. The topological polar surface area (TPSA) is 28.2 Å². The van der Waals surface area contributed by atoms with Gasteiger partial charge in [-0.05, 0) is 44.2 Å². The summed E-state index contributed by atoms with van der Waals surface area (Å²) < 4.78 is 12.9. The highest BCUT2D eigenvalue weighted by atomic mass is 32.1. The zero-order valence-electron chi connectivity index (χ0n) is 12.2. The molecular formula is C16H20FN3S. The average Bonchev–Trinajstić information content (AvgIpc) is 3.24. The monoisotopic (exact) mass is 305 g/mol. The molecule has 1 aromatic heterocycles. The molecule has 1 saturated carbocycles. The van der Waals surface area contributed by atoms with Crippen molar-refractivity contribution in [2.24, 2.45) is 0 Å². The lowest BCUT2D eigenvalue weighted by Gasteiger charge is -2.15. The summed E-state index contributed by atoms with van der Waals surface area (Å²) in [5.41, 5.74) is 2.02. The Hall–Kier alpha value is -1.30. The van der Waals surface area contributed by atoms with Crippen molar-refractivity contribution in [1.29, 1.82) is 0 Å². The summed E-state index contributed by atoms with van der Waals surface area (Å²) in [6.07, 6.45) is 2.70. The Morgan fingerprint density at radius 3 is 2.81 bits per heavy atom. The lowest BCUT2D eigenvalue weighted by atomic mass is 10.2. The number of likely N-dealkylation sites (N-methyl/N-ethyl adjacent to an activating group) is 1. The molecule has 1 aromatic carbocycles. The molecule has 1 heterocycles. The maximum absolute atomic E-state index is 12.9. The molecule has 3 rings (SSSR count). The van der Waals surface area contributed by atoms with Gasteiger partial charge in [-0.3, -0.25) is 0 Å². The standard InChI is InChI=1S/C16H20FN3S/c1-20(15-6-7-15)9-8-18-10-14-11-21-16(19-14)12-2-4-13(17)5-3-12/h2-5,11,15,18H,6-10H2,1H3. The maximum atomic E-state index is 12.9. The van der Waals surface area contributed by atoms with Gasteiger partial charge in [0, 0.05) is 36.6 Å². The van der Waals surface area contributed by atoms with Gasteiger partial charge in [0.25, 0.3) is 0 Å². The molecule has 112 valence electrons. The lowest BCUT2D eigenvalue weighted by molar-refractivity contribution is 0.321. The molecule has 0 unspecified atom stereocenters. The van der Waals surface area contributed by atoms with Crippen LogP contribution in [0.4, 0.5) is 4.39 Å². The molecule has 1 fully saturated rings. The summed E-state index contributed by atoms with van der Waals surface area (Å²) in [6.45, 7) is 2.85. The van der Waals surface area contributed by atoms with Crippen molar-refractivity contribution in [2.45, 2.75) is 25.4 Å². The van der Waals surface area contributed by atoms with Crippen LogP contribution in [-0.2, 0) is 6.54 Å². The van der Waals surface area contributed by atoms with Gasteiger partial charge in [-0.15, -0.1) is 11.3 Å². The van der Waals surface area contributed by atoms with Crippen molar-refractivity contribution >= 4 is 11.3 Å². The van der Waals surface area contributed by atoms with Crippen LogP contribution in [0, 0.1) is 5.82 Å². The van der Waals surface area contributed by atoms with E-state index in [4.69, 9.17) is 0 Å². The highest BCUT2D eigenvalue weighted by molar-refractivity contribution is 7.13. The van der Waals surface area contributed by atoms with E-state index in [-0.39, 0.29) is 5.82 Å². The second kappa shape index (κ2) is 6.64. The van der Waals surface area contributed by atoms with Gasteiger partial charge in [0.1, 0.15) is 10.8 Å². The number of nitrogens with zero attached hydrogens (tertiary/aromatic N) is 2. The van der Waals surface area contributed by atoms with Crippen molar-refractivity contribution in [1.82, 2.24) is 15.2 Å². The minimum absolute atomic E-state index is 0.211. The largest absolute Gasteiger partial charge is 0.310 e. The molecular weight excluding hydrogens is 285 g/mol. The first kappa shape index (κ1) is 14.6. The van der Waals surface area contributed by atoms with Crippen molar-refractivity contribution in [3.05, 3.63) is 41.2 Å². The van der Waals surface area contributed by atoms with E-state index in [0.717, 1.165) is 41.9 Å². The summed E-state index contributed by atoms with van der Waals surface area (Å²) in [4.78, 5) is 7.01. The minimum atomic E-state index is -0.211. The number of hydrogen-bond acceptors (Lipinski definition) is 4. The van der Waals surface area contributed by atoms with Crippen LogP contribution in [0.5, 0.6) is 0 Å². The lowest BCUT2D eigenvalue weighted by Crippen LogP contribution is -2.30. The minimum Gasteiger partial charge on any atom is -0.310 e. The van der Waals surface area contributed by atoms with E-state index in [9.17, 15) is 4.39 Å². The molecule has 2 aromatic rings. The Morgan fingerprint density at radius 1 is 1.33 bits per heavy atom. The molecule has 1 aliphatic carbocycles. The molecule has 0 aliphatic heterocycles. The Bertz CT molecular complexity index is 577. The second-order valence-electron chi connectivity index (χ2n) is 5.54. The van der Waals surface area contributed by atoms with Gasteiger partial charge >= 0.3 is 0 Å². The van der Waals surface area contributed by atoms with Gasteiger partial charge in [0.2, 0.25) is 0 Å². The number of halogens is 1. The third kappa shape index (κ3) is 4.09. The third-order valence-electron chi connectivity index (χ3n) is 3.76.